The van der Waals surface area contributed by atoms with Gasteiger partial charge in [0.25, 0.3) is 0 Å². The van der Waals surface area contributed by atoms with E-state index >= 15 is 0 Å². The number of amides is 1. The maximum Gasteiger partial charge on any atom is 0.237 e. The van der Waals surface area contributed by atoms with Crippen LogP contribution >= 0.6 is 0 Å². The molecule has 0 bridgehead atoms. The summed E-state index contributed by atoms with van der Waals surface area (Å²) in [5, 5.41) is 10.5. The van der Waals surface area contributed by atoms with E-state index in [2.05, 4.69) is 22.7 Å². The van der Waals surface area contributed by atoms with Crippen molar-refractivity contribution in [2.24, 2.45) is 5.92 Å². The van der Waals surface area contributed by atoms with Gasteiger partial charge in [-0.3, -0.25) is 4.79 Å². The zero-order chi connectivity index (χ0) is 14.7. The molecule has 1 amide bonds. The standard InChI is InChI=1S/C16H20N4O/c1-12-7-9-17-15(12)16(21)18-11-13-5-2-3-6-14(13)20-10-4-8-19-20/h2-6,8,10,12,15,17H,7,9,11H2,1H3,(H,18,21). The minimum absolute atomic E-state index is 0.0677. The first-order chi connectivity index (χ1) is 10.3. The zero-order valence-electron chi connectivity index (χ0n) is 12.1. The summed E-state index contributed by atoms with van der Waals surface area (Å²) < 4.78 is 1.82. The van der Waals surface area contributed by atoms with Crippen molar-refractivity contribution in [2.45, 2.75) is 25.9 Å². The lowest BCUT2D eigenvalue weighted by atomic mass is 10.0. The van der Waals surface area contributed by atoms with Crippen molar-refractivity contribution in [1.82, 2.24) is 20.4 Å². The summed E-state index contributed by atoms with van der Waals surface area (Å²) in [6.07, 6.45) is 4.71. The van der Waals surface area contributed by atoms with Crippen molar-refractivity contribution in [1.29, 1.82) is 0 Å². The Balaban J connectivity index is 1.70. The predicted octanol–water partition coefficient (Wildman–Crippen LogP) is 1.49. The van der Waals surface area contributed by atoms with E-state index in [-0.39, 0.29) is 11.9 Å². The van der Waals surface area contributed by atoms with Gasteiger partial charge in [0.15, 0.2) is 0 Å². The van der Waals surface area contributed by atoms with E-state index in [9.17, 15) is 4.79 Å². The van der Waals surface area contributed by atoms with Crippen LogP contribution in [0.1, 0.15) is 18.9 Å². The molecule has 0 radical (unpaired) electrons. The summed E-state index contributed by atoms with van der Waals surface area (Å²) in [6.45, 7) is 3.55. The molecule has 21 heavy (non-hydrogen) atoms. The first-order valence-electron chi connectivity index (χ1n) is 7.35. The molecule has 0 aliphatic carbocycles. The summed E-state index contributed by atoms with van der Waals surface area (Å²) in [7, 11) is 0. The Hall–Kier alpha value is -2.14. The second-order valence-corrected chi connectivity index (χ2v) is 5.49. The SMILES string of the molecule is CC1CCNC1C(=O)NCc1ccccc1-n1cccn1. The van der Waals surface area contributed by atoms with Crippen LogP contribution in [0.15, 0.2) is 42.7 Å². The Morgan fingerprint density at radius 3 is 3.00 bits per heavy atom. The molecule has 2 aromatic rings. The van der Waals surface area contributed by atoms with Crippen molar-refractivity contribution >= 4 is 5.91 Å². The van der Waals surface area contributed by atoms with E-state index < -0.39 is 0 Å². The Morgan fingerprint density at radius 1 is 1.43 bits per heavy atom. The van der Waals surface area contributed by atoms with Crippen LogP contribution in [0.4, 0.5) is 0 Å². The van der Waals surface area contributed by atoms with Crippen LogP contribution in [-0.2, 0) is 11.3 Å². The molecule has 2 atom stereocenters. The Labute approximate surface area is 124 Å². The topological polar surface area (TPSA) is 59.0 Å². The molecule has 1 aliphatic rings. The number of rotatable bonds is 4. The molecular formula is C16H20N4O. The molecule has 2 N–H and O–H groups in total. The number of nitrogens with one attached hydrogen (secondary N) is 2. The van der Waals surface area contributed by atoms with Crippen molar-refractivity contribution in [3.8, 4) is 5.69 Å². The molecule has 0 saturated carbocycles. The third-order valence-corrected chi connectivity index (χ3v) is 4.01. The average Bonchev–Trinajstić information content (AvgIpc) is 3.16. The lowest BCUT2D eigenvalue weighted by Gasteiger charge is -2.16. The summed E-state index contributed by atoms with van der Waals surface area (Å²) in [5.41, 5.74) is 2.05. The van der Waals surface area contributed by atoms with Gasteiger partial charge in [-0.1, -0.05) is 25.1 Å². The highest BCUT2D eigenvalue weighted by molar-refractivity contribution is 5.82. The summed E-state index contributed by atoms with van der Waals surface area (Å²) in [6, 6.07) is 9.79. The molecule has 2 heterocycles. The lowest BCUT2D eigenvalue weighted by molar-refractivity contribution is -0.123. The number of nitrogens with zero attached hydrogens (tertiary/aromatic N) is 2. The Kier molecular flexibility index (Phi) is 4.01. The first-order valence-corrected chi connectivity index (χ1v) is 7.35. The number of carbonyl (C=O) groups excluding carboxylic acids is 1. The van der Waals surface area contributed by atoms with Gasteiger partial charge in [0.05, 0.1) is 11.7 Å². The number of hydrogen-bond acceptors (Lipinski definition) is 3. The molecule has 5 nitrogen and oxygen atoms in total. The van der Waals surface area contributed by atoms with Crippen LogP contribution in [0.5, 0.6) is 0 Å². The highest BCUT2D eigenvalue weighted by Crippen LogP contribution is 2.16. The van der Waals surface area contributed by atoms with Crippen LogP contribution in [0.2, 0.25) is 0 Å². The van der Waals surface area contributed by atoms with Gasteiger partial charge in [-0.2, -0.15) is 5.10 Å². The van der Waals surface area contributed by atoms with Gasteiger partial charge in [0.2, 0.25) is 5.91 Å². The second kappa shape index (κ2) is 6.10. The molecule has 3 rings (SSSR count). The third-order valence-electron chi connectivity index (χ3n) is 4.01. The highest BCUT2D eigenvalue weighted by Gasteiger charge is 2.28. The fourth-order valence-corrected chi connectivity index (χ4v) is 2.77. The fourth-order valence-electron chi connectivity index (χ4n) is 2.77. The molecule has 1 saturated heterocycles. The van der Waals surface area contributed by atoms with Crippen molar-refractivity contribution < 1.29 is 4.79 Å². The summed E-state index contributed by atoms with van der Waals surface area (Å²) in [4.78, 5) is 12.2. The highest BCUT2D eigenvalue weighted by atomic mass is 16.2. The molecule has 2 unspecified atom stereocenters. The van der Waals surface area contributed by atoms with Crippen molar-refractivity contribution in [3.05, 3.63) is 48.3 Å². The van der Waals surface area contributed by atoms with Crippen LogP contribution in [0.25, 0.3) is 5.69 Å². The number of carbonyl (C=O) groups is 1. The van der Waals surface area contributed by atoms with E-state index in [1.165, 1.54) is 0 Å². The van der Waals surface area contributed by atoms with E-state index in [4.69, 9.17) is 0 Å². The minimum Gasteiger partial charge on any atom is -0.351 e. The largest absolute Gasteiger partial charge is 0.351 e. The monoisotopic (exact) mass is 284 g/mol. The first kappa shape index (κ1) is 13.8. The molecule has 1 fully saturated rings. The molecule has 1 aromatic carbocycles. The molecule has 1 aliphatic heterocycles. The van der Waals surface area contributed by atoms with Gasteiger partial charge in [0.1, 0.15) is 0 Å². The van der Waals surface area contributed by atoms with Crippen molar-refractivity contribution in [3.63, 3.8) is 0 Å². The Bertz CT molecular complexity index is 608. The molecule has 110 valence electrons. The van der Waals surface area contributed by atoms with Gasteiger partial charge in [-0.25, -0.2) is 4.68 Å². The van der Waals surface area contributed by atoms with E-state index in [1.807, 2.05) is 41.2 Å². The maximum absolute atomic E-state index is 12.2. The number of hydrogen-bond donors (Lipinski definition) is 2. The second-order valence-electron chi connectivity index (χ2n) is 5.49. The van der Waals surface area contributed by atoms with Crippen molar-refractivity contribution in [2.75, 3.05) is 6.54 Å². The number of para-hydroxylation sites is 1. The molecule has 5 heteroatoms. The number of aromatic nitrogens is 2. The summed E-state index contributed by atoms with van der Waals surface area (Å²) in [5.74, 6) is 0.474. The number of benzene rings is 1. The zero-order valence-corrected chi connectivity index (χ0v) is 12.1. The third kappa shape index (κ3) is 2.97. The van der Waals surface area contributed by atoms with Gasteiger partial charge >= 0.3 is 0 Å². The van der Waals surface area contributed by atoms with Crippen LogP contribution in [0.3, 0.4) is 0 Å². The maximum atomic E-state index is 12.2. The van der Waals surface area contributed by atoms with Gasteiger partial charge < -0.3 is 10.6 Å². The smallest absolute Gasteiger partial charge is 0.237 e. The quantitative estimate of drug-likeness (QED) is 0.894. The fraction of sp³-hybridized carbons (Fsp3) is 0.375. The summed E-state index contributed by atoms with van der Waals surface area (Å²) >= 11 is 0. The van der Waals surface area contributed by atoms with Crippen LogP contribution in [-0.4, -0.2) is 28.3 Å². The molecule has 0 spiro atoms. The van der Waals surface area contributed by atoms with Gasteiger partial charge in [0, 0.05) is 18.9 Å². The van der Waals surface area contributed by atoms with Crippen LogP contribution < -0.4 is 10.6 Å². The van der Waals surface area contributed by atoms with E-state index in [0.717, 1.165) is 24.2 Å². The van der Waals surface area contributed by atoms with E-state index in [1.54, 1.807) is 6.20 Å². The molecule has 1 aromatic heterocycles. The molecular weight excluding hydrogens is 264 g/mol. The van der Waals surface area contributed by atoms with Gasteiger partial charge in [-0.05, 0) is 36.6 Å². The predicted molar refractivity (Wildman–Crippen MR) is 81.0 cm³/mol. The minimum atomic E-state index is -0.0677. The van der Waals surface area contributed by atoms with E-state index in [0.29, 0.717) is 12.5 Å². The average molecular weight is 284 g/mol. The van der Waals surface area contributed by atoms with Gasteiger partial charge in [-0.15, -0.1) is 0 Å². The normalized spacial score (nSPS) is 21.4. The Morgan fingerprint density at radius 2 is 2.29 bits per heavy atom. The van der Waals surface area contributed by atoms with Crippen LogP contribution in [0, 0.1) is 5.92 Å². The lowest BCUT2D eigenvalue weighted by Crippen LogP contribution is -2.43.